The molecule has 1 unspecified atom stereocenters. The average Bonchev–Trinajstić information content (AvgIpc) is 2.69. The minimum atomic E-state index is 0.230. The van der Waals surface area contributed by atoms with Crippen molar-refractivity contribution in [1.29, 1.82) is 0 Å². The van der Waals surface area contributed by atoms with Crippen molar-refractivity contribution in [1.82, 2.24) is 0 Å². The molecule has 0 aliphatic heterocycles. The monoisotopic (exact) mass is 200 g/mol. The molecule has 0 bridgehead atoms. The second kappa shape index (κ2) is 3.23. The van der Waals surface area contributed by atoms with Crippen molar-refractivity contribution in [3.63, 3.8) is 0 Å². The Kier molecular flexibility index (Phi) is 2.14. The van der Waals surface area contributed by atoms with Gasteiger partial charge in [0.05, 0.1) is 0 Å². The van der Waals surface area contributed by atoms with Gasteiger partial charge in [0, 0.05) is 12.1 Å². The van der Waals surface area contributed by atoms with Crippen LogP contribution in [0.15, 0.2) is 41.6 Å². The third kappa shape index (κ3) is 1.56. The van der Waals surface area contributed by atoms with Gasteiger partial charge in [0.25, 0.3) is 0 Å². The molecule has 0 aromatic heterocycles. The molecule has 0 heterocycles. The highest BCUT2D eigenvalue weighted by atomic mass is 16.4. The summed E-state index contributed by atoms with van der Waals surface area (Å²) in [6.07, 6.45) is 1.32. The molecule has 0 radical (unpaired) electrons. The lowest BCUT2D eigenvalue weighted by atomic mass is 10.0. The summed E-state index contributed by atoms with van der Waals surface area (Å²) < 4.78 is 0. The van der Waals surface area contributed by atoms with Crippen LogP contribution in [0.25, 0.3) is 0 Å². The molecule has 2 heteroatoms. The van der Waals surface area contributed by atoms with E-state index in [4.69, 9.17) is 0 Å². The van der Waals surface area contributed by atoms with Gasteiger partial charge >= 0.3 is 0 Å². The van der Waals surface area contributed by atoms with Gasteiger partial charge in [0.15, 0.2) is 0 Å². The van der Waals surface area contributed by atoms with Crippen molar-refractivity contribution in [3.8, 4) is 0 Å². The molecule has 2 rings (SSSR count). The van der Waals surface area contributed by atoms with E-state index < -0.39 is 0 Å². The zero-order chi connectivity index (χ0) is 11.1. The van der Waals surface area contributed by atoms with Crippen molar-refractivity contribution >= 4 is 6.21 Å². The average molecular weight is 200 g/mol. The number of rotatable bonds is 2. The number of hydrogen-bond acceptors (Lipinski definition) is 2. The molecular weight excluding hydrogens is 186 g/mol. The molecule has 1 atom stereocenters. The largest absolute Gasteiger partial charge is 0.792 e. The van der Waals surface area contributed by atoms with Crippen LogP contribution in [0.3, 0.4) is 0 Å². The third-order valence-corrected chi connectivity index (χ3v) is 3.29. The minimum Gasteiger partial charge on any atom is -0.792 e. The third-order valence-electron chi connectivity index (χ3n) is 3.29. The van der Waals surface area contributed by atoms with Gasteiger partial charge in [-0.05, 0) is 16.5 Å². The minimum absolute atomic E-state index is 0.230. The van der Waals surface area contributed by atoms with Gasteiger partial charge in [-0.15, -0.1) is 0 Å². The van der Waals surface area contributed by atoms with Gasteiger partial charge in [-0.3, -0.25) is 0 Å². The summed E-state index contributed by atoms with van der Waals surface area (Å²) in [7, 11) is 0. The summed E-state index contributed by atoms with van der Waals surface area (Å²) in [5.74, 6) is 0.468. The first-order valence-electron chi connectivity index (χ1n) is 5.02. The van der Waals surface area contributed by atoms with Crippen LogP contribution in [0, 0.1) is 10.6 Å². The van der Waals surface area contributed by atoms with E-state index in [-0.39, 0.29) is 5.41 Å². The zero-order valence-electron chi connectivity index (χ0n) is 9.03. The van der Waals surface area contributed by atoms with E-state index in [0.29, 0.717) is 5.92 Å². The molecular formula is C13H14NO-. The van der Waals surface area contributed by atoms with E-state index in [1.807, 2.05) is 24.3 Å². The van der Waals surface area contributed by atoms with Crippen LogP contribution in [0.1, 0.15) is 30.9 Å². The van der Waals surface area contributed by atoms with E-state index in [0.717, 1.165) is 5.56 Å². The quantitative estimate of drug-likeness (QED) is 0.410. The van der Waals surface area contributed by atoms with E-state index in [1.165, 1.54) is 17.4 Å². The van der Waals surface area contributed by atoms with Crippen molar-refractivity contribution < 1.29 is 0 Å². The number of allylic oxidation sites excluding steroid dienone is 1. The van der Waals surface area contributed by atoms with Crippen LogP contribution >= 0.6 is 0 Å². The topological polar surface area (TPSA) is 35.4 Å². The maximum atomic E-state index is 10.0. The first-order chi connectivity index (χ1) is 7.07. The molecule has 1 aliphatic carbocycles. The standard InChI is InChI=1S/C13H15NO/c1-9-12(13(9,2)3)11-6-4-10(5-7-11)8-14-15/h4-8,12,15H,1H2,2-3H3/p-1/b14-8+. The van der Waals surface area contributed by atoms with Crippen LogP contribution in [0.2, 0.25) is 0 Å². The molecule has 1 aliphatic rings. The Hall–Kier alpha value is -1.57. The normalized spacial score (nSPS) is 23.3. The highest BCUT2D eigenvalue weighted by Crippen LogP contribution is 2.62. The lowest BCUT2D eigenvalue weighted by molar-refractivity contribution is 0.642. The van der Waals surface area contributed by atoms with Gasteiger partial charge in [-0.2, -0.15) is 0 Å². The van der Waals surface area contributed by atoms with Crippen LogP contribution in [-0.2, 0) is 0 Å². The van der Waals surface area contributed by atoms with Crippen LogP contribution in [-0.4, -0.2) is 6.21 Å². The molecule has 0 amide bonds. The Morgan fingerprint density at radius 3 is 2.27 bits per heavy atom. The summed E-state index contributed by atoms with van der Waals surface area (Å²) >= 11 is 0. The predicted octanol–water partition coefficient (Wildman–Crippen LogP) is 3.28. The second-order valence-corrected chi connectivity index (χ2v) is 4.58. The molecule has 1 fully saturated rings. The highest BCUT2D eigenvalue weighted by Gasteiger charge is 2.51. The summed E-state index contributed by atoms with van der Waals surface area (Å²) in [5.41, 5.74) is 3.63. The Balaban J connectivity index is 2.23. The van der Waals surface area contributed by atoms with Crippen molar-refractivity contribution in [3.05, 3.63) is 52.8 Å². The molecule has 1 aromatic carbocycles. The fourth-order valence-electron chi connectivity index (χ4n) is 2.09. The fraction of sp³-hybridized carbons (Fsp3) is 0.308. The second-order valence-electron chi connectivity index (χ2n) is 4.58. The van der Waals surface area contributed by atoms with E-state index in [1.54, 1.807) is 0 Å². The predicted molar refractivity (Wildman–Crippen MR) is 63.1 cm³/mol. The fourth-order valence-corrected chi connectivity index (χ4v) is 2.09. The molecule has 15 heavy (non-hydrogen) atoms. The molecule has 78 valence electrons. The zero-order valence-corrected chi connectivity index (χ0v) is 9.03. The maximum absolute atomic E-state index is 10.0. The highest BCUT2D eigenvalue weighted by molar-refractivity contribution is 5.79. The number of benzene rings is 1. The van der Waals surface area contributed by atoms with Gasteiger partial charge in [0.2, 0.25) is 0 Å². The first-order valence-corrected chi connectivity index (χ1v) is 5.02. The van der Waals surface area contributed by atoms with Gasteiger partial charge < -0.3 is 10.4 Å². The Bertz CT molecular complexity index is 415. The molecule has 0 N–H and O–H groups in total. The van der Waals surface area contributed by atoms with Crippen LogP contribution in [0.5, 0.6) is 0 Å². The molecule has 1 aromatic rings. The molecule has 1 saturated carbocycles. The van der Waals surface area contributed by atoms with Crippen LogP contribution < -0.4 is 0 Å². The smallest absolute Gasteiger partial charge is 0.0229 e. The van der Waals surface area contributed by atoms with E-state index in [2.05, 4.69) is 25.6 Å². The molecule has 0 saturated heterocycles. The van der Waals surface area contributed by atoms with Crippen molar-refractivity contribution in [2.75, 3.05) is 0 Å². The summed E-state index contributed by atoms with van der Waals surface area (Å²) in [5, 5.41) is 12.8. The SMILES string of the molecule is C=C1C(c2ccc(/C=N/[O-])cc2)C1(C)C. The number of hydrogen-bond donors (Lipinski definition) is 0. The van der Waals surface area contributed by atoms with E-state index >= 15 is 0 Å². The maximum Gasteiger partial charge on any atom is 0.0229 e. The van der Waals surface area contributed by atoms with Gasteiger partial charge in [-0.1, -0.05) is 50.3 Å². The lowest BCUT2D eigenvalue weighted by Crippen LogP contribution is -1.90. The Morgan fingerprint density at radius 2 is 1.87 bits per heavy atom. The van der Waals surface area contributed by atoms with E-state index in [9.17, 15) is 5.21 Å². The molecule has 2 nitrogen and oxygen atoms in total. The lowest BCUT2D eigenvalue weighted by Gasteiger charge is -2.03. The molecule has 0 spiro atoms. The van der Waals surface area contributed by atoms with Gasteiger partial charge in [0.1, 0.15) is 0 Å². The van der Waals surface area contributed by atoms with Crippen molar-refractivity contribution in [2.45, 2.75) is 19.8 Å². The van der Waals surface area contributed by atoms with Gasteiger partial charge in [-0.25, -0.2) is 0 Å². The summed E-state index contributed by atoms with van der Waals surface area (Å²) in [4.78, 5) is 0. The summed E-state index contributed by atoms with van der Waals surface area (Å²) in [6.45, 7) is 8.46. The Labute approximate surface area is 89.9 Å². The van der Waals surface area contributed by atoms with Crippen molar-refractivity contribution in [2.24, 2.45) is 10.6 Å². The first kappa shape index (κ1) is 9.97. The van der Waals surface area contributed by atoms with Crippen LogP contribution in [0.4, 0.5) is 0 Å². The number of nitrogens with zero attached hydrogens (tertiary/aromatic N) is 1. The Morgan fingerprint density at radius 1 is 1.33 bits per heavy atom. The summed E-state index contributed by atoms with van der Waals surface area (Å²) in [6, 6.07) is 7.92.